The van der Waals surface area contributed by atoms with Crippen LogP contribution in [0.15, 0.2) is 59.4 Å². The summed E-state index contributed by atoms with van der Waals surface area (Å²) in [5, 5.41) is 8.82. The maximum absolute atomic E-state index is 12.7. The standard InChI is InChI=1S/C20H16ClN5O3/c21-11-6-8-13(9-7-11)23-20-25-17-16(19(29)26-20)14(10-15(27)24-17)18(28)22-12-4-2-1-3-5-12/h1-9,14H,10H2,(H,22,28)(H3,23,24,25,26,27,29)/t14-/m1/s1. The van der Waals surface area contributed by atoms with Crippen LogP contribution in [0.2, 0.25) is 5.02 Å². The van der Waals surface area contributed by atoms with E-state index in [9.17, 15) is 14.4 Å². The zero-order valence-corrected chi connectivity index (χ0v) is 15.8. The fourth-order valence-corrected chi connectivity index (χ4v) is 3.20. The Hall–Kier alpha value is -3.65. The molecule has 0 unspecified atom stereocenters. The number of aromatic nitrogens is 2. The average Bonchev–Trinajstić information content (AvgIpc) is 2.69. The first kappa shape index (κ1) is 18.7. The summed E-state index contributed by atoms with van der Waals surface area (Å²) >= 11 is 5.87. The average molecular weight is 410 g/mol. The van der Waals surface area contributed by atoms with Crippen LogP contribution in [0, 0.1) is 0 Å². The van der Waals surface area contributed by atoms with E-state index in [1.54, 1.807) is 48.5 Å². The summed E-state index contributed by atoms with van der Waals surface area (Å²) < 4.78 is 0. The number of fused-ring (bicyclic) bond motifs is 1. The predicted octanol–water partition coefficient (Wildman–Crippen LogP) is 3.23. The zero-order chi connectivity index (χ0) is 20.4. The second-order valence-electron chi connectivity index (χ2n) is 6.47. The molecule has 0 saturated carbocycles. The minimum absolute atomic E-state index is 0.0645. The van der Waals surface area contributed by atoms with Crippen LogP contribution in [0.25, 0.3) is 0 Å². The number of halogens is 1. The first-order chi connectivity index (χ1) is 14.0. The van der Waals surface area contributed by atoms with E-state index in [0.29, 0.717) is 16.4 Å². The maximum atomic E-state index is 12.7. The van der Waals surface area contributed by atoms with E-state index in [-0.39, 0.29) is 29.7 Å². The molecule has 0 fully saturated rings. The van der Waals surface area contributed by atoms with Gasteiger partial charge in [-0.15, -0.1) is 0 Å². The summed E-state index contributed by atoms with van der Waals surface area (Å²) in [6, 6.07) is 15.6. The Morgan fingerprint density at radius 2 is 1.76 bits per heavy atom. The topological polar surface area (TPSA) is 116 Å². The maximum Gasteiger partial charge on any atom is 0.258 e. The van der Waals surface area contributed by atoms with Crippen molar-refractivity contribution in [2.75, 3.05) is 16.0 Å². The van der Waals surface area contributed by atoms with Crippen LogP contribution < -0.4 is 21.5 Å². The number of nitrogens with one attached hydrogen (secondary N) is 4. The Kier molecular flexibility index (Phi) is 5.01. The molecule has 2 amide bonds. The van der Waals surface area contributed by atoms with Crippen molar-refractivity contribution in [1.82, 2.24) is 9.97 Å². The lowest BCUT2D eigenvalue weighted by atomic mass is 9.92. The van der Waals surface area contributed by atoms with Crippen molar-refractivity contribution < 1.29 is 9.59 Å². The number of para-hydroxylation sites is 1. The van der Waals surface area contributed by atoms with Gasteiger partial charge in [-0.1, -0.05) is 29.8 Å². The number of carbonyl (C=O) groups excluding carboxylic acids is 2. The van der Waals surface area contributed by atoms with Crippen molar-refractivity contribution in [1.29, 1.82) is 0 Å². The highest BCUT2D eigenvalue weighted by molar-refractivity contribution is 6.30. The number of benzene rings is 2. The number of hydrogen-bond acceptors (Lipinski definition) is 5. The second kappa shape index (κ2) is 7.76. The number of H-pyrrole nitrogens is 1. The summed E-state index contributed by atoms with van der Waals surface area (Å²) in [4.78, 5) is 44.5. The smallest absolute Gasteiger partial charge is 0.258 e. The minimum Gasteiger partial charge on any atom is -0.326 e. The Morgan fingerprint density at radius 1 is 1.03 bits per heavy atom. The van der Waals surface area contributed by atoms with Crippen LogP contribution in [0.4, 0.5) is 23.1 Å². The Balaban J connectivity index is 1.64. The van der Waals surface area contributed by atoms with Gasteiger partial charge in [-0.25, -0.2) is 0 Å². The van der Waals surface area contributed by atoms with E-state index < -0.39 is 17.4 Å². The number of hydrogen-bond donors (Lipinski definition) is 4. The molecule has 0 saturated heterocycles. The van der Waals surface area contributed by atoms with Gasteiger partial charge in [0.25, 0.3) is 5.56 Å². The summed E-state index contributed by atoms with van der Waals surface area (Å²) in [5.41, 5.74) is 0.854. The molecule has 4 rings (SSSR count). The summed E-state index contributed by atoms with van der Waals surface area (Å²) in [5.74, 6) is -1.57. The quantitative estimate of drug-likeness (QED) is 0.528. The van der Waals surface area contributed by atoms with Crippen molar-refractivity contribution in [2.24, 2.45) is 0 Å². The third kappa shape index (κ3) is 4.12. The van der Waals surface area contributed by atoms with Crippen LogP contribution in [-0.2, 0) is 9.59 Å². The van der Waals surface area contributed by atoms with Gasteiger partial charge in [0.15, 0.2) is 0 Å². The van der Waals surface area contributed by atoms with Crippen molar-refractivity contribution in [3.63, 3.8) is 0 Å². The molecule has 3 aromatic rings. The largest absolute Gasteiger partial charge is 0.326 e. The van der Waals surface area contributed by atoms with Crippen LogP contribution in [0.5, 0.6) is 0 Å². The van der Waals surface area contributed by atoms with Gasteiger partial charge in [-0.3, -0.25) is 19.4 Å². The molecule has 1 aliphatic rings. The lowest BCUT2D eigenvalue weighted by Gasteiger charge is -2.23. The number of carbonyl (C=O) groups is 2. The molecule has 8 nitrogen and oxygen atoms in total. The predicted molar refractivity (Wildman–Crippen MR) is 111 cm³/mol. The Labute approximate surface area is 170 Å². The Bertz CT molecular complexity index is 1130. The molecule has 1 atom stereocenters. The highest BCUT2D eigenvalue weighted by Crippen LogP contribution is 2.30. The summed E-state index contributed by atoms with van der Waals surface area (Å²) in [6.07, 6.45) is -0.139. The van der Waals surface area contributed by atoms with Crippen LogP contribution in [-0.4, -0.2) is 21.8 Å². The third-order valence-corrected chi connectivity index (χ3v) is 4.67. The van der Waals surface area contributed by atoms with E-state index in [1.165, 1.54) is 0 Å². The molecule has 0 spiro atoms. The molecule has 2 aromatic carbocycles. The molecule has 29 heavy (non-hydrogen) atoms. The van der Waals surface area contributed by atoms with E-state index in [1.807, 2.05) is 6.07 Å². The van der Waals surface area contributed by atoms with Gasteiger partial charge in [0, 0.05) is 22.8 Å². The lowest BCUT2D eigenvalue weighted by molar-refractivity contribution is -0.123. The SMILES string of the molecule is O=C1C[C@@H](C(=O)Nc2ccccc2)c2c(nc(Nc3ccc(Cl)cc3)[nH]c2=O)N1. The van der Waals surface area contributed by atoms with Gasteiger partial charge in [-0.2, -0.15) is 4.98 Å². The number of aromatic amines is 1. The van der Waals surface area contributed by atoms with Gasteiger partial charge in [0.2, 0.25) is 17.8 Å². The fraction of sp³-hybridized carbons (Fsp3) is 0.100. The van der Waals surface area contributed by atoms with Crippen molar-refractivity contribution >= 4 is 46.6 Å². The third-order valence-electron chi connectivity index (χ3n) is 4.42. The normalized spacial score (nSPS) is 15.2. The molecule has 0 bridgehead atoms. The number of amides is 2. The van der Waals surface area contributed by atoms with Gasteiger partial charge in [0.05, 0.1) is 11.5 Å². The fourth-order valence-electron chi connectivity index (χ4n) is 3.08. The highest BCUT2D eigenvalue weighted by atomic mass is 35.5. The van der Waals surface area contributed by atoms with Crippen LogP contribution in [0.3, 0.4) is 0 Å². The first-order valence-corrected chi connectivity index (χ1v) is 9.20. The van der Waals surface area contributed by atoms with Crippen molar-refractivity contribution in [3.8, 4) is 0 Å². The second-order valence-corrected chi connectivity index (χ2v) is 6.91. The molecule has 0 aliphatic carbocycles. The van der Waals surface area contributed by atoms with E-state index >= 15 is 0 Å². The monoisotopic (exact) mass is 409 g/mol. The lowest BCUT2D eigenvalue weighted by Crippen LogP contribution is -2.36. The van der Waals surface area contributed by atoms with Crippen molar-refractivity contribution in [2.45, 2.75) is 12.3 Å². The molecule has 4 N–H and O–H groups in total. The van der Waals surface area contributed by atoms with Gasteiger partial charge >= 0.3 is 0 Å². The molecule has 0 radical (unpaired) electrons. The number of anilines is 4. The molecule has 1 aromatic heterocycles. The van der Waals surface area contributed by atoms with Gasteiger partial charge in [0.1, 0.15) is 5.82 Å². The van der Waals surface area contributed by atoms with Gasteiger partial charge in [-0.05, 0) is 36.4 Å². The molecule has 1 aliphatic heterocycles. The molecular formula is C20H16ClN5O3. The number of rotatable bonds is 4. The molecule has 9 heteroatoms. The van der Waals surface area contributed by atoms with Crippen LogP contribution >= 0.6 is 11.6 Å². The van der Waals surface area contributed by atoms with E-state index in [0.717, 1.165) is 0 Å². The van der Waals surface area contributed by atoms with Crippen LogP contribution in [0.1, 0.15) is 17.9 Å². The first-order valence-electron chi connectivity index (χ1n) is 8.82. The minimum atomic E-state index is -0.945. The van der Waals surface area contributed by atoms with Crippen molar-refractivity contribution in [3.05, 3.63) is 75.5 Å². The summed E-state index contributed by atoms with van der Waals surface area (Å²) in [7, 11) is 0. The van der Waals surface area contributed by atoms with Gasteiger partial charge < -0.3 is 16.0 Å². The zero-order valence-electron chi connectivity index (χ0n) is 15.0. The highest BCUT2D eigenvalue weighted by Gasteiger charge is 2.34. The summed E-state index contributed by atoms with van der Waals surface area (Å²) in [6.45, 7) is 0. The molecule has 146 valence electrons. The number of nitrogens with zero attached hydrogens (tertiary/aromatic N) is 1. The Morgan fingerprint density at radius 3 is 2.48 bits per heavy atom. The van der Waals surface area contributed by atoms with E-state index in [4.69, 9.17) is 11.6 Å². The van der Waals surface area contributed by atoms with E-state index in [2.05, 4.69) is 25.9 Å². The molecule has 2 heterocycles. The molecular weight excluding hydrogens is 394 g/mol.